The van der Waals surface area contributed by atoms with E-state index in [9.17, 15) is 4.79 Å². The van der Waals surface area contributed by atoms with E-state index in [-0.39, 0.29) is 5.91 Å². The zero-order valence-corrected chi connectivity index (χ0v) is 16.6. The summed E-state index contributed by atoms with van der Waals surface area (Å²) in [6.07, 6.45) is 1.82. The fourth-order valence-corrected chi connectivity index (χ4v) is 3.67. The number of hydrogen-bond donors (Lipinski definition) is 1. The van der Waals surface area contributed by atoms with Crippen molar-refractivity contribution in [1.82, 2.24) is 15.3 Å². The van der Waals surface area contributed by atoms with Gasteiger partial charge in [-0.1, -0.05) is 12.1 Å². The number of aromatic nitrogens is 2. The number of rotatable bonds is 7. The molecule has 5 nitrogen and oxygen atoms in total. The van der Waals surface area contributed by atoms with E-state index in [2.05, 4.69) is 15.3 Å². The van der Waals surface area contributed by atoms with Gasteiger partial charge < -0.3 is 10.1 Å². The summed E-state index contributed by atoms with van der Waals surface area (Å²) in [6, 6.07) is 11.3. The Labute approximate surface area is 163 Å². The van der Waals surface area contributed by atoms with Gasteiger partial charge in [0.25, 0.3) is 5.91 Å². The Kier molecular flexibility index (Phi) is 6.19. The summed E-state index contributed by atoms with van der Waals surface area (Å²) in [5.41, 5.74) is 6.07. The number of carbonyl (C=O) groups excluding carboxylic acids is 1. The van der Waals surface area contributed by atoms with Crippen molar-refractivity contribution in [2.45, 2.75) is 26.7 Å². The Morgan fingerprint density at radius 3 is 2.81 bits per heavy atom. The minimum Gasteiger partial charge on any atom is -0.494 e. The van der Waals surface area contributed by atoms with E-state index < -0.39 is 0 Å². The van der Waals surface area contributed by atoms with Crippen LogP contribution in [-0.2, 0) is 6.42 Å². The molecule has 0 radical (unpaired) electrons. The number of methoxy groups -OCH3 is 1. The molecule has 3 aromatic rings. The quantitative estimate of drug-likeness (QED) is 0.623. The Balaban J connectivity index is 1.65. The third-order valence-corrected chi connectivity index (χ3v) is 5.32. The average Bonchev–Trinajstić information content (AvgIpc) is 3.10. The fraction of sp³-hybridized carbons (Fsp3) is 0.286. The van der Waals surface area contributed by atoms with Gasteiger partial charge in [-0.3, -0.25) is 4.79 Å². The third kappa shape index (κ3) is 4.71. The van der Waals surface area contributed by atoms with Crippen molar-refractivity contribution < 1.29 is 9.53 Å². The Morgan fingerprint density at radius 2 is 2.07 bits per heavy atom. The molecule has 0 fully saturated rings. The number of ether oxygens (including phenoxy) is 1. The monoisotopic (exact) mass is 381 g/mol. The second-order valence-corrected chi connectivity index (χ2v) is 7.24. The van der Waals surface area contributed by atoms with Gasteiger partial charge >= 0.3 is 0 Å². The Morgan fingerprint density at radius 1 is 1.22 bits per heavy atom. The number of aryl methyl sites for hydroxylation is 3. The van der Waals surface area contributed by atoms with Gasteiger partial charge in [-0.15, -0.1) is 11.3 Å². The minimum absolute atomic E-state index is 0.0792. The molecule has 1 N–H and O–H groups in total. The van der Waals surface area contributed by atoms with Gasteiger partial charge in [-0.25, -0.2) is 9.97 Å². The molecule has 27 heavy (non-hydrogen) atoms. The van der Waals surface area contributed by atoms with Crippen LogP contribution in [0, 0.1) is 13.8 Å². The zero-order chi connectivity index (χ0) is 19.2. The molecule has 6 heteroatoms. The summed E-state index contributed by atoms with van der Waals surface area (Å²) in [4.78, 5) is 22.6. The molecule has 1 amide bonds. The van der Waals surface area contributed by atoms with Crippen molar-refractivity contribution >= 4 is 17.2 Å². The Bertz CT molecular complexity index is 937. The van der Waals surface area contributed by atoms with Crippen LogP contribution < -0.4 is 10.1 Å². The van der Waals surface area contributed by atoms with Crippen LogP contribution in [0.2, 0.25) is 0 Å². The SMILES string of the molecule is COc1ccc(C)nc1-c1cccc(C(=O)NCCCc2scnc2C)c1. The second-order valence-electron chi connectivity index (χ2n) is 6.30. The molecule has 1 aromatic carbocycles. The first-order valence-electron chi connectivity index (χ1n) is 8.87. The van der Waals surface area contributed by atoms with Crippen LogP contribution in [0.3, 0.4) is 0 Å². The number of pyridine rings is 1. The lowest BCUT2D eigenvalue weighted by Crippen LogP contribution is -2.24. The number of hydrogen-bond acceptors (Lipinski definition) is 5. The van der Waals surface area contributed by atoms with Gasteiger partial charge in [0.05, 0.1) is 18.3 Å². The lowest BCUT2D eigenvalue weighted by molar-refractivity contribution is 0.0953. The maximum absolute atomic E-state index is 12.5. The largest absolute Gasteiger partial charge is 0.494 e. The second kappa shape index (κ2) is 8.77. The van der Waals surface area contributed by atoms with E-state index in [1.165, 1.54) is 4.88 Å². The Hall–Kier alpha value is -2.73. The number of thiazole rings is 1. The van der Waals surface area contributed by atoms with Crippen molar-refractivity contribution in [3.63, 3.8) is 0 Å². The number of nitrogens with zero attached hydrogens (tertiary/aromatic N) is 2. The molecule has 0 unspecified atom stereocenters. The minimum atomic E-state index is -0.0792. The topological polar surface area (TPSA) is 64.1 Å². The van der Waals surface area contributed by atoms with E-state index in [1.807, 2.05) is 55.8 Å². The summed E-state index contributed by atoms with van der Waals surface area (Å²) < 4.78 is 5.41. The first-order chi connectivity index (χ1) is 13.1. The highest BCUT2D eigenvalue weighted by Crippen LogP contribution is 2.28. The first kappa shape index (κ1) is 19.0. The first-order valence-corrected chi connectivity index (χ1v) is 9.75. The van der Waals surface area contributed by atoms with Gasteiger partial charge in [-0.2, -0.15) is 0 Å². The van der Waals surface area contributed by atoms with Gasteiger partial charge in [-0.05, 0) is 51.0 Å². The van der Waals surface area contributed by atoms with E-state index in [0.717, 1.165) is 35.5 Å². The highest BCUT2D eigenvalue weighted by Gasteiger charge is 2.11. The van der Waals surface area contributed by atoms with Crippen LogP contribution in [0.4, 0.5) is 0 Å². The van der Waals surface area contributed by atoms with Crippen molar-refractivity contribution in [3.8, 4) is 17.0 Å². The number of amides is 1. The van der Waals surface area contributed by atoms with Crippen molar-refractivity contribution in [3.05, 3.63) is 63.7 Å². The molecule has 0 spiro atoms. The molecule has 2 aromatic heterocycles. The average molecular weight is 382 g/mol. The van der Waals surface area contributed by atoms with E-state index >= 15 is 0 Å². The van der Waals surface area contributed by atoms with Crippen LogP contribution in [0.1, 0.15) is 33.0 Å². The standard InChI is InChI=1S/C21H23N3O2S/c1-14-9-10-18(26-3)20(24-14)16-6-4-7-17(12-16)21(25)22-11-5-8-19-15(2)23-13-27-19/h4,6-7,9-10,12-13H,5,8,11H2,1-3H3,(H,22,25). The van der Waals surface area contributed by atoms with Crippen molar-refractivity contribution in [1.29, 1.82) is 0 Å². The van der Waals surface area contributed by atoms with Crippen LogP contribution in [0.5, 0.6) is 5.75 Å². The van der Waals surface area contributed by atoms with E-state index in [4.69, 9.17) is 4.74 Å². The molecule has 140 valence electrons. The van der Waals surface area contributed by atoms with Crippen molar-refractivity contribution in [2.24, 2.45) is 0 Å². The van der Waals surface area contributed by atoms with Crippen molar-refractivity contribution in [2.75, 3.05) is 13.7 Å². The van der Waals surface area contributed by atoms with Crippen LogP contribution in [-0.4, -0.2) is 29.5 Å². The molecule has 0 bridgehead atoms. The molecule has 0 aliphatic heterocycles. The molecule has 0 saturated heterocycles. The van der Waals surface area contributed by atoms with Gasteiger partial charge in [0, 0.05) is 28.2 Å². The summed E-state index contributed by atoms with van der Waals surface area (Å²) in [5, 5.41) is 2.99. The summed E-state index contributed by atoms with van der Waals surface area (Å²) in [5.74, 6) is 0.614. The predicted octanol–water partition coefficient (Wildman–Crippen LogP) is 4.19. The number of nitrogens with one attached hydrogen (secondary N) is 1. The molecule has 0 aliphatic carbocycles. The molecule has 0 saturated carbocycles. The maximum atomic E-state index is 12.5. The smallest absolute Gasteiger partial charge is 0.251 e. The lowest BCUT2D eigenvalue weighted by atomic mass is 10.1. The summed E-state index contributed by atoms with van der Waals surface area (Å²) in [7, 11) is 1.62. The van der Waals surface area contributed by atoms with Crippen LogP contribution in [0.15, 0.2) is 41.9 Å². The fourth-order valence-electron chi connectivity index (χ4n) is 2.84. The maximum Gasteiger partial charge on any atom is 0.251 e. The summed E-state index contributed by atoms with van der Waals surface area (Å²) in [6.45, 7) is 4.58. The number of benzene rings is 1. The molecule has 3 rings (SSSR count). The third-order valence-electron chi connectivity index (χ3n) is 4.33. The highest BCUT2D eigenvalue weighted by atomic mass is 32.1. The molecular weight excluding hydrogens is 358 g/mol. The summed E-state index contributed by atoms with van der Waals surface area (Å²) >= 11 is 1.67. The molecule has 0 aliphatic rings. The van der Waals surface area contributed by atoms with E-state index in [0.29, 0.717) is 17.9 Å². The predicted molar refractivity (Wildman–Crippen MR) is 108 cm³/mol. The molecule has 2 heterocycles. The van der Waals surface area contributed by atoms with Gasteiger partial charge in [0.2, 0.25) is 0 Å². The normalized spacial score (nSPS) is 10.6. The van der Waals surface area contributed by atoms with E-state index in [1.54, 1.807) is 18.4 Å². The molecular formula is C21H23N3O2S. The lowest BCUT2D eigenvalue weighted by Gasteiger charge is -2.10. The highest BCUT2D eigenvalue weighted by molar-refractivity contribution is 7.09. The molecule has 0 atom stereocenters. The van der Waals surface area contributed by atoms with Gasteiger partial charge in [0.15, 0.2) is 0 Å². The number of carbonyl (C=O) groups is 1. The van der Waals surface area contributed by atoms with Crippen LogP contribution >= 0.6 is 11.3 Å². The zero-order valence-electron chi connectivity index (χ0n) is 15.8. The van der Waals surface area contributed by atoms with Gasteiger partial charge in [0.1, 0.15) is 11.4 Å². The van der Waals surface area contributed by atoms with Crippen LogP contribution in [0.25, 0.3) is 11.3 Å².